The normalized spacial score (nSPS) is 24.3. The van der Waals surface area contributed by atoms with Crippen LogP contribution >= 0.6 is 11.8 Å². The van der Waals surface area contributed by atoms with Gasteiger partial charge in [-0.2, -0.15) is 0 Å². The molecule has 0 radical (unpaired) electrons. The molecule has 1 heterocycles. The summed E-state index contributed by atoms with van der Waals surface area (Å²) in [5, 5.41) is 9.54. The molecule has 1 fully saturated rings. The Hall–Kier alpha value is -0.900. The average molecular weight is 309 g/mol. The van der Waals surface area contributed by atoms with Crippen LogP contribution in [0, 0.1) is 25.7 Å². The topological polar surface area (TPSA) is 35.8 Å². The molecule has 2 rings (SSSR count). The van der Waals surface area contributed by atoms with E-state index in [2.05, 4.69) is 39.0 Å². The third-order valence-corrected chi connectivity index (χ3v) is 4.62. The Morgan fingerprint density at radius 3 is 2.86 bits per heavy atom. The van der Waals surface area contributed by atoms with Gasteiger partial charge in [0.15, 0.2) is 0 Å². The number of hydrogen-bond acceptors (Lipinski definition) is 3. The van der Waals surface area contributed by atoms with E-state index in [0.717, 1.165) is 37.3 Å². The lowest BCUT2D eigenvalue weighted by Gasteiger charge is -2.34. The Labute approximate surface area is 132 Å². The molecule has 21 heavy (non-hydrogen) atoms. The van der Waals surface area contributed by atoms with Crippen molar-refractivity contribution in [2.75, 3.05) is 19.7 Å². The van der Waals surface area contributed by atoms with Crippen LogP contribution in [0.1, 0.15) is 30.9 Å². The first-order valence-electron chi connectivity index (χ1n) is 7.62. The summed E-state index contributed by atoms with van der Waals surface area (Å²) in [5.74, 6) is 0.721. The summed E-state index contributed by atoms with van der Waals surface area (Å²) in [6.07, 6.45) is 1.96. The third-order valence-electron chi connectivity index (χ3n) is 4.31. The molecule has 1 aromatic rings. The summed E-state index contributed by atoms with van der Waals surface area (Å²) in [4.78, 5) is 4.79. The van der Waals surface area contributed by atoms with E-state index in [9.17, 15) is 5.11 Å². The number of benzene rings is 1. The molecule has 1 aliphatic heterocycles. The zero-order chi connectivity index (χ0) is 15.4. The van der Waals surface area contributed by atoms with Crippen molar-refractivity contribution in [3.63, 3.8) is 0 Å². The molecule has 1 saturated heterocycles. The van der Waals surface area contributed by atoms with Crippen LogP contribution in [0.4, 0.5) is 5.69 Å². The molecule has 0 amide bonds. The Bertz CT molecular complexity index is 516. The molecule has 3 nitrogen and oxygen atoms in total. The van der Waals surface area contributed by atoms with E-state index in [1.165, 1.54) is 11.1 Å². The van der Waals surface area contributed by atoms with Crippen molar-refractivity contribution < 1.29 is 5.11 Å². The number of piperidine rings is 1. The van der Waals surface area contributed by atoms with Gasteiger partial charge < -0.3 is 5.11 Å². The highest BCUT2D eigenvalue weighted by atomic mass is 35.5. The first-order chi connectivity index (χ1) is 9.99. The fraction of sp³-hybridized carbons (Fsp3) is 0.588. The van der Waals surface area contributed by atoms with Crippen LogP contribution in [0.15, 0.2) is 23.2 Å². The van der Waals surface area contributed by atoms with Gasteiger partial charge in [0.25, 0.3) is 0 Å². The molecule has 0 aromatic heterocycles. The second-order valence-electron chi connectivity index (χ2n) is 6.20. The number of rotatable bonds is 4. The lowest BCUT2D eigenvalue weighted by atomic mass is 9.83. The molecule has 0 saturated carbocycles. The number of halogens is 1. The SMILES string of the molecule is CC(CC1CCN(Cl)C[C@H]1CO)=Nc1cc(C)ccc1C. The maximum Gasteiger partial charge on any atom is 0.0660 e. The number of aliphatic hydroxyl groups is 1. The van der Waals surface area contributed by atoms with Gasteiger partial charge in [0.05, 0.1) is 5.69 Å². The van der Waals surface area contributed by atoms with E-state index in [1.807, 2.05) is 0 Å². The van der Waals surface area contributed by atoms with Crippen LogP contribution < -0.4 is 0 Å². The van der Waals surface area contributed by atoms with Crippen molar-refractivity contribution in [3.05, 3.63) is 29.3 Å². The minimum Gasteiger partial charge on any atom is -0.396 e. The standard InChI is InChI=1S/C17H25ClN2O/c1-12-4-5-13(2)17(8-12)19-14(3)9-15-6-7-20(18)10-16(15)11-21/h4-5,8,15-16,21H,6-7,9-11H2,1-3H3/t15?,16-/m0/s1. The molecule has 1 unspecified atom stereocenters. The van der Waals surface area contributed by atoms with E-state index < -0.39 is 0 Å². The Morgan fingerprint density at radius 2 is 2.14 bits per heavy atom. The van der Waals surface area contributed by atoms with Crippen molar-refractivity contribution in [1.29, 1.82) is 0 Å². The third kappa shape index (κ3) is 4.53. The smallest absolute Gasteiger partial charge is 0.0660 e. The van der Waals surface area contributed by atoms with Crippen molar-refractivity contribution in [3.8, 4) is 0 Å². The van der Waals surface area contributed by atoms with Crippen molar-refractivity contribution in [2.45, 2.75) is 33.6 Å². The fourth-order valence-corrected chi connectivity index (χ4v) is 3.26. The van der Waals surface area contributed by atoms with Crippen molar-refractivity contribution in [2.24, 2.45) is 16.8 Å². The highest BCUT2D eigenvalue weighted by molar-refractivity contribution is 6.13. The van der Waals surface area contributed by atoms with Crippen LogP contribution in [0.2, 0.25) is 0 Å². The van der Waals surface area contributed by atoms with E-state index >= 15 is 0 Å². The summed E-state index contributed by atoms with van der Waals surface area (Å²) < 4.78 is 1.79. The molecule has 2 atom stereocenters. The number of nitrogens with zero attached hydrogens (tertiary/aromatic N) is 2. The number of hydrogen-bond donors (Lipinski definition) is 1. The molecular weight excluding hydrogens is 284 g/mol. The molecular formula is C17H25ClN2O. The molecule has 1 N–H and O–H groups in total. The zero-order valence-electron chi connectivity index (χ0n) is 13.1. The van der Waals surface area contributed by atoms with E-state index in [0.29, 0.717) is 5.92 Å². The predicted octanol–water partition coefficient (Wildman–Crippen LogP) is 3.87. The number of aryl methyl sites for hydroxylation is 2. The minimum absolute atomic E-state index is 0.199. The molecule has 0 bridgehead atoms. The second kappa shape index (κ2) is 7.39. The maximum atomic E-state index is 9.54. The summed E-state index contributed by atoms with van der Waals surface area (Å²) in [5.41, 5.74) is 4.63. The quantitative estimate of drug-likeness (QED) is 0.677. The molecule has 1 aliphatic rings. The number of aliphatic imine (C=N–C) groups is 1. The highest BCUT2D eigenvalue weighted by Crippen LogP contribution is 2.29. The van der Waals surface area contributed by atoms with Gasteiger partial charge in [-0.3, -0.25) is 4.99 Å². The van der Waals surface area contributed by atoms with Gasteiger partial charge in [-0.1, -0.05) is 12.1 Å². The maximum absolute atomic E-state index is 9.54. The van der Waals surface area contributed by atoms with Crippen molar-refractivity contribution in [1.82, 2.24) is 4.42 Å². The van der Waals surface area contributed by atoms with Gasteiger partial charge in [-0.15, -0.1) is 0 Å². The van der Waals surface area contributed by atoms with Gasteiger partial charge in [-0.05, 0) is 74.4 Å². The minimum atomic E-state index is 0.199. The summed E-state index contributed by atoms with van der Waals surface area (Å²) >= 11 is 6.05. The molecule has 0 aliphatic carbocycles. The van der Waals surface area contributed by atoms with Crippen LogP contribution in [0.5, 0.6) is 0 Å². The first kappa shape index (κ1) is 16.5. The Morgan fingerprint density at radius 1 is 1.38 bits per heavy atom. The summed E-state index contributed by atoms with van der Waals surface area (Å²) in [6.45, 7) is 8.12. The molecule has 1 aromatic carbocycles. The predicted molar refractivity (Wildman–Crippen MR) is 89.4 cm³/mol. The van der Waals surface area contributed by atoms with Crippen molar-refractivity contribution >= 4 is 23.2 Å². The van der Waals surface area contributed by atoms with Crippen LogP contribution in [-0.4, -0.2) is 34.9 Å². The van der Waals surface area contributed by atoms with Gasteiger partial charge in [0.2, 0.25) is 0 Å². The lowest BCUT2D eigenvalue weighted by molar-refractivity contribution is 0.116. The second-order valence-corrected chi connectivity index (χ2v) is 6.68. The Kier molecular flexibility index (Phi) is 5.80. The van der Waals surface area contributed by atoms with E-state index in [4.69, 9.17) is 16.8 Å². The van der Waals surface area contributed by atoms with Gasteiger partial charge in [-0.25, -0.2) is 4.42 Å². The average Bonchev–Trinajstić information content (AvgIpc) is 2.44. The fourth-order valence-electron chi connectivity index (χ4n) is 2.98. The highest BCUT2D eigenvalue weighted by Gasteiger charge is 2.28. The largest absolute Gasteiger partial charge is 0.396 e. The van der Waals surface area contributed by atoms with Crippen LogP contribution in [0.3, 0.4) is 0 Å². The summed E-state index contributed by atoms with van der Waals surface area (Å²) in [6, 6.07) is 6.36. The molecule has 0 spiro atoms. The lowest BCUT2D eigenvalue weighted by Crippen LogP contribution is -2.38. The van der Waals surface area contributed by atoms with Crippen LogP contribution in [-0.2, 0) is 0 Å². The van der Waals surface area contributed by atoms with Gasteiger partial charge in [0.1, 0.15) is 0 Å². The zero-order valence-corrected chi connectivity index (χ0v) is 13.9. The van der Waals surface area contributed by atoms with Gasteiger partial charge >= 0.3 is 0 Å². The van der Waals surface area contributed by atoms with E-state index in [1.54, 1.807) is 4.42 Å². The van der Waals surface area contributed by atoms with E-state index in [-0.39, 0.29) is 12.5 Å². The van der Waals surface area contributed by atoms with Crippen LogP contribution in [0.25, 0.3) is 0 Å². The van der Waals surface area contributed by atoms with Gasteiger partial charge in [0, 0.05) is 25.4 Å². The molecule has 116 valence electrons. The Balaban J connectivity index is 2.07. The summed E-state index contributed by atoms with van der Waals surface area (Å²) in [7, 11) is 0. The first-order valence-corrected chi connectivity index (χ1v) is 7.96. The molecule has 4 heteroatoms. The number of aliphatic hydroxyl groups excluding tert-OH is 1. The monoisotopic (exact) mass is 308 g/mol.